The molecule has 8 heteroatoms. The summed E-state index contributed by atoms with van der Waals surface area (Å²) in [4.78, 5) is 12.4. The molecule has 0 fully saturated rings. The number of nitrogens with one attached hydrogen (secondary N) is 2. The zero-order chi connectivity index (χ0) is 19.3. The largest absolute Gasteiger partial charge is 0.352 e. The number of nitrogens with two attached hydrogens (primary N) is 1. The first-order valence-corrected chi connectivity index (χ1v) is 9.89. The lowest BCUT2D eigenvalue weighted by Gasteiger charge is -2.13. The van der Waals surface area contributed by atoms with E-state index in [0.717, 1.165) is 5.56 Å². The Morgan fingerprint density at radius 3 is 2.48 bits per heavy atom. The Morgan fingerprint density at radius 1 is 1.15 bits per heavy atom. The molecule has 1 unspecified atom stereocenters. The molecule has 4 N–H and O–H groups in total. The molecule has 0 spiro atoms. The smallest absolute Gasteiger partial charge is 0.262 e. The number of hydrogen-bond acceptors (Lipinski definition) is 4. The lowest BCUT2D eigenvalue weighted by molar-refractivity contribution is 0.0948. The fourth-order valence-electron chi connectivity index (χ4n) is 2.40. The van der Waals surface area contributed by atoms with Crippen LogP contribution in [0.5, 0.6) is 0 Å². The van der Waals surface area contributed by atoms with Gasteiger partial charge in [-0.25, -0.2) is 8.42 Å². The molecule has 0 aliphatic heterocycles. The van der Waals surface area contributed by atoms with Gasteiger partial charge in [0.1, 0.15) is 0 Å². The first kappa shape index (κ1) is 23.0. The summed E-state index contributed by atoms with van der Waals surface area (Å²) in [6, 6.07) is 11.7. The van der Waals surface area contributed by atoms with Gasteiger partial charge in [-0.2, -0.15) is 0 Å². The fourth-order valence-corrected chi connectivity index (χ4v) is 3.72. The minimum atomic E-state index is -3.80. The van der Waals surface area contributed by atoms with Gasteiger partial charge in [-0.15, -0.1) is 12.4 Å². The number of carbonyl (C=O) groups excluding carboxylic acids is 1. The second kappa shape index (κ2) is 9.73. The number of benzene rings is 2. The van der Waals surface area contributed by atoms with Crippen LogP contribution < -0.4 is 15.8 Å². The Balaban J connectivity index is 0.00000364. The van der Waals surface area contributed by atoms with Crippen molar-refractivity contribution in [2.75, 3.05) is 17.8 Å². The number of rotatable bonds is 7. The van der Waals surface area contributed by atoms with Crippen molar-refractivity contribution < 1.29 is 13.2 Å². The van der Waals surface area contributed by atoms with E-state index in [1.165, 1.54) is 6.07 Å². The van der Waals surface area contributed by atoms with Gasteiger partial charge in [0.2, 0.25) is 0 Å². The van der Waals surface area contributed by atoms with Crippen LogP contribution >= 0.6 is 12.4 Å². The van der Waals surface area contributed by atoms with E-state index in [-0.39, 0.29) is 29.1 Å². The molecule has 0 saturated heterocycles. The molecule has 0 bridgehead atoms. The molecule has 1 atom stereocenters. The van der Waals surface area contributed by atoms with Crippen molar-refractivity contribution in [3.63, 3.8) is 0 Å². The normalized spacial score (nSPS) is 12.0. The summed E-state index contributed by atoms with van der Waals surface area (Å²) in [7, 11) is -3.80. The molecule has 2 aromatic carbocycles. The predicted octanol–water partition coefficient (Wildman–Crippen LogP) is 2.85. The average molecular weight is 412 g/mol. The van der Waals surface area contributed by atoms with Gasteiger partial charge in [-0.3, -0.25) is 9.52 Å². The standard InChI is InChI=1S/C19H25N3O3S.ClH/c1-13-5-4-6-17(9-13)22-26(24,25)18-10-16(8-7-15(18)3)19(23)21-12-14(2)11-20;/h4-10,14,22H,11-12,20H2,1-3H3,(H,21,23);1H. The van der Waals surface area contributed by atoms with Gasteiger partial charge in [0, 0.05) is 17.8 Å². The third-order valence-corrected chi connectivity index (χ3v) is 5.55. The van der Waals surface area contributed by atoms with Crippen LogP contribution in [0.1, 0.15) is 28.4 Å². The summed E-state index contributed by atoms with van der Waals surface area (Å²) in [5.74, 6) is -0.173. The highest BCUT2D eigenvalue weighted by molar-refractivity contribution is 7.92. The van der Waals surface area contributed by atoms with Crippen molar-refractivity contribution in [1.82, 2.24) is 5.32 Å². The van der Waals surface area contributed by atoms with Crippen molar-refractivity contribution in [3.05, 3.63) is 59.2 Å². The lowest BCUT2D eigenvalue weighted by Crippen LogP contribution is -2.31. The third-order valence-electron chi connectivity index (χ3n) is 4.02. The van der Waals surface area contributed by atoms with Crippen LogP contribution in [0.3, 0.4) is 0 Å². The summed E-state index contributed by atoms with van der Waals surface area (Å²) >= 11 is 0. The Hall–Kier alpha value is -2.09. The van der Waals surface area contributed by atoms with Gasteiger partial charge in [-0.05, 0) is 61.7 Å². The van der Waals surface area contributed by atoms with E-state index in [1.54, 1.807) is 37.3 Å². The molecule has 6 nitrogen and oxygen atoms in total. The monoisotopic (exact) mass is 411 g/mol. The van der Waals surface area contributed by atoms with Crippen molar-refractivity contribution in [2.24, 2.45) is 11.7 Å². The van der Waals surface area contributed by atoms with Crippen molar-refractivity contribution in [2.45, 2.75) is 25.7 Å². The maximum atomic E-state index is 12.8. The average Bonchev–Trinajstić information content (AvgIpc) is 2.59. The van der Waals surface area contributed by atoms with Crippen molar-refractivity contribution in [1.29, 1.82) is 0 Å². The summed E-state index contributed by atoms with van der Waals surface area (Å²) in [6.07, 6.45) is 0. The molecule has 0 radical (unpaired) electrons. The number of halogens is 1. The zero-order valence-corrected chi connectivity index (χ0v) is 17.3. The number of anilines is 1. The van der Waals surface area contributed by atoms with Crippen LogP contribution in [0.25, 0.3) is 0 Å². The van der Waals surface area contributed by atoms with Crippen molar-refractivity contribution >= 4 is 34.0 Å². The first-order valence-electron chi connectivity index (χ1n) is 8.41. The van der Waals surface area contributed by atoms with E-state index in [2.05, 4.69) is 10.0 Å². The number of carbonyl (C=O) groups is 1. The van der Waals surface area contributed by atoms with Crippen molar-refractivity contribution in [3.8, 4) is 0 Å². The van der Waals surface area contributed by atoms with E-state index in [4.69, 9.17) is 5.73 Å². The van der Waals surface area contributed by atoms with Gasteiger partial charge in [0.25, 0.3) is 15.9 Å². The Morgan fingerprint density at radius 2 is 1.85 bits per heavy atom. The van der Waals surface area contributed by atoms with Crippen LogP contribution in [-0.4, -0.2) is 27.4 Å². The quantitative estimate of drug-likeness (QED) is 0.651. The number of aryl methyl sites for hydroxylation is 2. The summed E-state index contributed by atoms with van der Waals surface area (Å²) < 4.78 is 28.1. The molecule has 2 rings (SSSR count). The number of amides is 1. The van der Waals surface area contributed by atoms with E-state index >= 15 is 0 Å². The molecule has 148 valence electrons. The highest BCUT2D eigenvalue weighted by Gasteiger charge is 2.19. The maximum Gasteiger partial charge on any atom is 0.262 e. The summed E-state index contributed by atoms with van der Waals surface area (Å²) in [5, 5.41) is 2.77. The molecule has 0 heterocycles. The van der Waals surface area contributed by atoms with Crippen LogP contribution in [0.4, 0.5) is 5.69 Å². The first-order chi connectivity index (χ1) is 12.2. The molecule has 0 saturated carbocycles. The van der Waals surface area contributed by atoms with Gasteiger partial charge < -0.3 is 11.1 Å². The van der Waals surface area contributed by atoms with Gasteiger partial charge >= 0.3 is 0 Å². The van der Waals surface area contributed by atoms with E-state index in [1.807, 2.05) is 19.9 Å². The SMILES string of the molecule is Cc1cccc(NS(=O)(=O)c2cc(C(=O)NCC(C)CN)ccc2C)c1.Cl. The minimum Gasteiger partial charge on any atom is -0.352 e. The second-order valence-corrected chi connectivity index (χ2v) is 8.16. The molecule has 1 amide bonds. The molecule has 2 aromatic rings. The fraction of sp³-hybridized carbons (Fsp3) is 0.316. The van der Waals surface area contributed by atoms with E-state index < -0.39 is 10.0 Å². The third kappa shape index (κ3) is 6.23. The molecule has 0 aromatic heterocycles. The lowest BCUT2D eigenvalue weighted by atomic mass is 10.1. The van der Waals surface area contributed by atoms with Crippen LogP contribution in [0.2, 0.25) is 0 Å². The predicted molar refractivity (Wildman–Crippen MR) is 111 cm³/mol. The van der Waals surface area contributed by atoms with Gasteiger partial charge in [0.05, 0.1) is 4.90 Å². The minimum absolute atomic E-state index is 0. The van der Waals surface area contributed by atoms with E-state index in [0.29, 0.717) is 29.9 Å². The Bertz CT molecular complexity index is 901. The number of sulfonamides is 1. The maximum absolute atomic E-state index is 12.8. The molecular weight excluding hydrogens is 386 g/mol. The Labute approximate surface area is 167 Å². The Kier molecular flexibility index (Phi) is 8.27. The van der Waals surface area contributed by atoms with Crippen LogP contribution in [0, 0.1) is 19.8 Å². The topological polar surface area (TPSA) is 101 Å². The molecule has 0 aliphatic rings. The summed E-state index contributed by atoms with van der Waals surface area (Å²) in [5.41, 5.74) is 7.84. The van der Waals surface area contributed by atoms with E-state index in [9.17, 15) is 13.2 Å². The van der Waals surface area contributed by atoms with Gasteiger partial charge in [0.15, 0.2) is 0 Å². The summed E-state index contributed by atoms with van der Waals surface area (Å²) in [6.45, 7) is 6.41. The molecule has 27 heavy (non-hydrogen) atoms. The molecule has 0 aliphatic carbocycles. The highest BCUT2D eigenvalue weighted by atomic mass is 35.5. The van der Waals surface area contributed by atoms with Crippen LogP contribution in [0.15, 0.2) is 47.4 Å². The molecular formula is C19H26ClN3O3S. The highest BCUT2D eigenvalue weighted by Crippen LogP contribution is 2.21. The number of hydrogen-bond donors (Lipinski definition) is 3. The van der Waals surface area contributed by atoms with Crippen LogP contribution in [-0.2, 0) is 10.0 Å². The zero-order valence-electron chi connectivity index (χ0n) is 15.7. The van der Waals surface area contributed by atoms with Gasteiger partial charge in [-0.1, -0.05) is 25.1 Å². The second-order valence-electron chi connectivity index (χ2n) is 6.51.